The second kappa shape index (κ2) is 7.61. The molecule has 0 unspecified atom stereocenters. The fraction of sp³-hybridized carbons (Fsp3) is 0.647. The highest BCUT2D eigenvalue weighted by Crippen LogP contribution is 2.22. The molecule has 4 heteroatoms. The highest BCUT2D eigenvalue weighted by molar-refractivity contribution is 9.10. The summed E-state index contributed by atoms with van der Waals surface area (Å²) < 4.78 is 6.89. The maximum atomic E-state index is 5.82. The summed E-state index contributed by atoms with van der Waals surface area (Å²) in [5.41, 5.74) is 0. The summed E-state index contributed by atoms with van der Waals surface area (Å²) in [6.45, 7) is 5.49. The minimum atomic E-state index is 0.779. The first-order valence-corrected chi connectivity index (χ1v) is 8.93. The second-order valence-corrected chi connectivity index (χ2v) is 7.19. The van der Waals surface area contributed by atoms with Crippen molar-refractivity contribution in [1.29, 1.82) is 0 Å². The predicted molar refractivity (Wildman–Crippen MR) is 89.8 cm³/mol. The van der Waals surface area contributed by atoms with Crippen LogP contribution in [0.15, 0.2) is 28.7 Å². The summed E-state index contributed by atoms with van der Waals surface area (Å²) in [7, 11) is 0. The Morgan fingerprint density at radius 2 is 2.00 bits per heavy atom. The first kappa shape index (κ1) is 15.3. The minimum Gasteiger partial charge on any atom is -0.492 e. The third-order valence-electron chi connectivity index (χ3n) is 4.45. The minimum absolute atomic E-state index is 0.779. The first-order chi connectivity index (χ1) is 10.3. The molecule has 1 saturated carbocycles. The van der Waals surface area contributed by atoms with Crippen LogP contribution in [-0.2, 0) is 0 Å². The van der Waals surface area contributed by atoms with Gasteiger partial charge in [-0.05, 0) is 69.4 Å². The molecule has 2 fully saturated rings. The summed E-state index contributed by atoms with van der Waals surface area (Å²) in [6.07, 6.45) is 5.45. The van der Waals surface area contributed by atoms with Crippen LogP contribution in [0, 0.1) is 5.92 Å². The zero-order valence-electron chi connectivity index (χ0n) is 12.6. The average Bonchev–Trinajstić information content (AvgIpc) is 3.31. The molecule has 1 aromatic carbocycles. The van der Waals surface area contributed by atoms with E-state index < -0.39 is 0 Å². The summed E-state index contributed by atoms with van der Waals surface area (Å²) in [6, 6.07) is 8.92. The van der Waals surface area contributed by atoms with Gasteiger partial charge in [0.25, 0.3) is 0 Å². The van der Waals surface area contributed by atoms with Crippen molar-refractivity contribution >= 4 is 15.9 Å². The molecule has 1 saturated heterocycles. The van der Waals surface area contributed by atoms with E-state index in [9.17, 15) is 0 Å². The van der Waals surface area contributed by atoms with E-state index in [1.165, 1.54) is 45.3 Å². The van der Waals surface area contributed by atoms with Crippen LogP contribution in [0.4, 0.5) is 0 Å². The van der Waals surface area contributed by atoms with Crippen LogP contribution in [0.25, 0.3) is 0 Å². The smallest absolute Gasteiger partial charge is 0.120 e. The van der Waals surface area contributed by atoms with E-state index >= 15 is 0 Å². The third kappa shape index (κ3) is 5.28. The van der Waals surface area contributed by atoms with Crippen molar-refractivity contribution in [3.8, 4) is 5.75 Å². The molecule has 1 aromatic rings. The molecule has 0 aromatic heterocycles. The van der Waals surface area contributed by atoms with Crippen molar-refractivity contribution in [3.05, 3.63) is 28.7 Å². The molecule has 0 radical (unpaired) electrons. The van der Waals surface area contributed by atoms with Gasteiger partial charge in [-0.1, -0.05) is 22.0 Å². The van der Waals surface area contributed by atoms with Gasteiger partial charge in [0.2, 0.25) is 0 Å². The van der Waals surface area contributed by atoms with Crippen LogP contribution in [0.3, 0.4) is 0 Å². The number of rotatable bonds is 7. The maximum Gasteiger partial charge on any atom is 0.120 e. The Bertz CT molecular complexity index is 442. The van der Waals surface area contributed by atoms with Crippen molar-refractivity contribution < 1.29 is 4.74 Å². The Morgan fingerprint density at radius 1 is 1.19 bits per heavy atom. The number of nitrogens with zero attached hydrogens (tertiary/aromatic N) is 1. The van der Waals surface area contributed by atoms with E-state index in [-0.39, 0.29) is 0 Å². The summed E-state index contributed by atoms with van der Waals surface area (Å²) in [4.78, 5) is 2.53. The van der Waals surface area contributed by atoms with Crippen molar-refractivity contribution in [1.82, 2.24) is 10.2 Å². The van der Waals surface area contributed by atoms with E-state index in [4.69, 9.17) is 4.74 Å². The van der Waals surface area contributed by atoms with Crippen molar-refractivity contribution in [3.63, 3.8) is 0 Å². The van der Waals surface area contributed by atoms with Crippen LogP contribution in [0.1, 0.15) is 25.7 Å². The van der Waals surface area contributed by atoms with Crippen LogP contribution in [0.2, 0.25) is 0 Å². The number of piperidine rings is 1. The number of hydrogen-bond acceptors (Lipinski definition) is 3. The topological polar surface area (TPSA) is 24.5 Å². The Balaban J connectivity index is 1.30. The number of halogens is 1. The maximum absolute atomic E-state index is 5.82. The molecule has 1 N–H and O–H groups in total. The lowest BCUT2D eigenvalue weighted by Gasteiger charge is -2.32. The summed E-state index contributed by atoms with van der Waals surface area (Å²) in [5.74, 6) is 1.83. The van der Waals surface area contributed by atoms with Crippen LogP contribution >= 0.6 is 15.9 Å². The number of benzene rings is 1. The molecule has 0 bridgehead atoms. The second-order valence-electron chi connectivity index (χ2n) is 6.27. The molecule has 3 nitrogen and oxygen atoms in total. The van der Waals surface area contributed by atoms with Gasteiger partial charge in [-0.2, -0.15) is 0 Å². The molecule has 0 amide bonds. The quantitative estimate of drug-likeness (QED) is 0.814. The lowest BCUT2D eigenvalue weighted by Crippen LogP contribution is -2.39. The summed E-state index contributed by atoms with van der Waals surface area (Å²) >= 11 is 3.47. The molecule has 0 atom stereocenters. The Morgan fingerprint density at radius 3 is 2.71 bits per heavy atom. The predicted octanol–water partition coefficient (Wildman–Crippen LogP) is 3.29. The van der Waals surface area contributed by atoms with Crippen molar-refractivity contribution in [2.75, 3.05) is 32.8 Å². The highest BCUT2D eigenvalue weighted by Gasteiger charge is 2.24. The molecular weight excluding hydrogens is 328 g/mol. The SMILES string of the molecule is Brc1cccc(OCCN2CCC(CNC3CC3)CC2)c1. The van der Waals surface area contributed by atoms with Crippen LogP contribution in [0.5, 0.6) is 5.75 Å². The average molecular weight is 353 g/mol. The molecule has 1 heterocycles. The molecule has 1 aliphatic heterocycles. The van der Waals surface area contributed by atoms with Gasteiger partial charge in [0.1, 0.15) is 12.4 Å². The molecule has 21 heavy (non-hydrogen) atoms. The number of ether oxygens (including phenoxy) is 1. The van der Waals surface area contributed by atoms with Gasteiger partial charge < -0.3 is 10.1 Å². The van der Waals surface area contributed by atoms with Gasteiger partial charge in [-0.3, -0.25) is 4.90 Å². The van der Waals surface area contributed by atoms with E-state index in [1.807, 2.05) is 24.3 Å². The molecule has 2 aliphatic rings. The molecular formula is C17H25BrN2O. The van der Waals surface area contributed by atoms with Crippen LogP contribution < -0.4 is 10.1 Å². The van der Waals surface area contributed by atoms with Gasteiger partial charge in [0, 0.05) is 17.1 Å². The van der Waals surface area contributed by atoms with E-state index in [0.717, 1.165) is 35.3 Å². The lowest BCUT2D eigenvalue weighted by molar-refractivity contribution is 0.154. The zero-order valence-corrected chi connectivity index (χ0v) is 14.1. The van der Waals surface area contributed by atoms with Gasteiger partial charge in [-0.25, -0.2) is 0 Å². The fourth-order valence-electron chi connectivity index (χ4n) is 2.88. The van der Waals surface area contributed by atoms with Gasteiger partial charge in [0.15, 0.2) is 0 Å². The van der Waals surface area contributed by atoms with Gasteiger partial charge in [0.05, 0.1) is 0 Å². The number of hydrogen-bond donors (Lipinski definition) is 1. The van der Waals surface area contributed by atoms with E-state index in [1.54, 1.807) is 0 Å². The Labute approximate surface area is 136 Å². The van der Waals surface area contributed by atoms with Crippen LogP contribution in [-0.4, -0.2) is 43.7 Å². The zero-order chi connectivity index (χ0) is 14.5. The standard InChI is InChI=1S/C17H25BrN2O/c18-15-2-1-3-17(12-15)21-11-10-20-8-6-14(7-9-20)13-19-16-4-5-16/h1-3,12,14,16,19H,4-11,13H2. The fourth-order valence-corrected chi connectivity index (χ4v) is 3.26. The number of nitrogens with one attached hydrogen (secondary N) is 1. The molecule has 116 valence electrons. The van der Waals surface area contributed by atoms with E-state index in [2.05, 4.69) is 26.1 Å². The monoisotopic (exact) mass is 352 g/mol. The molecule has 1 aliphatic carbocycles. The van der Waals surface area contributed by atoms with Crippen molar-refractivity contribution in [2.24, 2.45) is 5.92 Å². The Kier molecular flexibility index (Phi) is 5.55. The lowest BCUT2D eigenvalue weighted by atomic mass is 9.97. The highest BCUT2D eigenvalue weighted by atomic mass is 79.9. The summed E-state index contributed by atoms with van der Waals surface area (Å²) in [5, 5.41) is 3.66. The number of likely N-dealkylation sites (tertiary alicyclic amines) is 1. The largest absolute Gasteiger partial charge is 0.492 e. The Hall–Kier alpha value is -0.580. The molecule has 3 rings (SSSR count). The third-order valence-corrected chi connectivity index (χ3v) is 4.95. The van der Waals surface area contributed by atoms with Gasteiger partial charge >= 0.3 is 0 Å². The van der Waals surface area contributed by atoms with Gasteiger partial charge in [-0.15, -0.1) is 0 Å². The first-order valence-electron chi connectivity index (χ1n) is 8.14. The van der Waals surface area contributed by atoms with E-state index in [0.29, 0.717) is 0 Å². The molecule has 0 spiro atoms. The van der Waals surface area contributed by atoms with Crippen molar-refractivity contribution in [2.45, 2.75) is 31.7 Å². The normalized spacial score (nSPS) is 20.6.